The average Bonchev–Trinajstić information content (AvgIpc) is 3.90. The number of fused-ring (bicyclic) bond motifs is 1. The predicted molar refractivity (Wildman–Crippen MR) is 189 cm³/mol. The molecule has 2 aliphatic heterocycles. The quantitative estimate of drug-likeness (QED) is 0.296. The molecule has 2 heterocycles. The van der Waals surface area contributed by atoms with Gasteiger partial charge in [-0.2, -0.15) is 0 Å². The Balaban J connectivity index is 1.34. The Morgan fingerprint density at radius 2 is 1.71 bits per heavy atom. The van der Waals surface area contributed by atoms with Gasteiger partial charge in [0.1, 0.15) is 5.60 Å². The second-order valence-corrected chi connectivity index (χ2v) is 14.8. The van der Waals surface area contributed by atoms with Gasteiger partial charge in [-0.05, 0) is 80.8 Å². The van der Waals surface area contributed by atoms with Gasteiger partial charge in [-0.25, -0.2) is 4.79 Å². The smallest absolute Gasteiger partial charge is 0.410 e. The minimum absolute atomic E-state index is 0.0274. The molecule has 3 aromatic carbocycles. The molecule has 3 aliphatic rings. The van der Waals surface area contributed by atoms with Crippen molar-refractivity contribution in [1.29, 1.82) is 0 Å². The number of carbonyl (C=O) groups excluding carboxylic acids is 4. The number of amides is 4. The molecule has 1 N–H and O–H groups in total. The van der Waals surface area contributed by atoms with Crippen LogP contribution in [0.2, 0.25) is 0 Å². The minimum Gasteiger partial charge on any atom is -0.444 e. The summed E-state index contributed by atoms with van der Waals surface area (Å²) < 4.78 is 5.76. The summed E-state index contributed by atoms with van der Waals surface area (Å²) in [5, 5.41) is 2.79. The SMILES string of the molecule is CC(=O)NCCN1C(=O)CSc2ccc(N(C(=O)C3CN(C(=O)OC(C)(C)C)CCC3c3cccc(-c4ccccc4)c3)C3CC3)cc21. The number of likely N-dealkylation sites (tertiary alicyclic amines) is 1. The third kappa shape index (κ3) is 7.70. The summed E-state index contributed by atoms with van der Waals surface area (Å²) in [4.78, 5) is 59.1. The van der Waals surface area contributed by atoms with E-state index >= 15 is 0 Å². The minimum atomic E-state index is -0.651. The molecule has 0 aromatic heterocycles. The second kappa shape index (κ2) is 14.0. The van der Waals surface area contributed by atoms with E-state index in [0.29, 0.717) is 31.8 Å². The van der Waals surface area contributed by atoms with E-state index in [1.54, 1.807) is 9.80 Å². The van der Waals surface area contributed by atoms with Gasteiger partial charge in [0.2, 0.25) is 17.7 Å². The zero-order chi connectivity index (χ0) is 34.0. The summed E-state index contributed by atoms with van der Waals surface area (Å²) in [7, 11) is 0. The molecule has 9 nitrogen and oxygen atoms in total. The molecule has 48 heavy (non-hydrogen) atoms. The summed E-state index contributed by atoms with van der Waals surface area (Å²) in [5.74, 6) is -0.487. The highest BCUT2D eigenvalue weighted by molar-refractivity contribution is 8.00. The van der Waals surface area contributed by atoms with Crippen LogP contribution in [-0.4, -0.2) is 72.3 Å². The van der Waals surface area contributed by atoms with Gasteiger partial charge in [0.25, 0.3) is 0 Å². The number of carbonyl (C=O) groups is 4. The van der Waals surface area contributed by atoms with E-state index in [1.165, 1.54) is 18.7 Å². The van der Waals surface area contributed by atoms with Gasteiger partial charge in [-0.3, -0.25) is 14.4 Å². The second-order valence-electron chi connectivity index (χ2n) is 13.8. The molecule has 0 spiro atoms. The van der Waals surface area contributed by atoms with Gasteiger partial charge in [0.05, 0.1) is 17.4 Å². The van der Waals surface area contributed by atoms with Crippen molar-refractivity contribution in [2.24, 2.45) is 5.92 Å². The molecule has 2 fully saturated rings. The van der Waals surface area contributed by atoms with Gasteiger partial charge in [-0.15, -0.1) is 11.8 Å². The maximum Gasteiger partial charge on any atom is 0.410 e. The zero-order valence-electron chi connectivity index (χ0n) is 28.1. The molecule has 2 unspecified atom stereocenters. The van der Waals surface area contributed by atoms with Crippen LogP contribution < -0.4 is 15.1 Å². The first-order valence-corrected chi connectivity index (χ1v) is 17.7. The lowest BCUT2D eigenvalue weighted by Gasteiger charge is -2.41. The molecule has 1 saturated carbocycles. The fourth-order valence-electron chi connectivity index (χ4n) is 6.63. The normalized spacial score (nSPS) is 19.4. The highest BCUT2D eigenvalue weighted by Gasteiger charge is 2.44. The topological polar surface area (TPSA) is 99.3 Å². The van der Waals surface area contributed by atoms with Gasteiger partial charge in [0.15, 0.2) is 0 Å². The molecule has 0 radical (unpaired) electrons. The Bertz CT molecular complexity index is 1690. The summed E-state index contributed by atoms with van der Waals surface area (Å²) >= 11 is 1.49. The number of hydrogen-bond donors (Lipinski definition) is 1. The highest BCUT2D eigenvalue weighted by Crippen LogP contribution is 2.43. The maximum atomic E-state index is 14.9. The van der Waals surface area contributed by atoms with Gasteiger partial charge < -0.3 is 24.8 Å². The van der Waals surface area contributed by atoms with Crippen molar-refractivity contribution in [3.8, 4) is 11.1 Å². The molecule has 2 atom stereocenters. The number of nitrogens with one attached hydrogen (secondary N) is 1. The fourth-order valence-corrected chi connectivity index (χ4v) is 7.55. The third-order valence-electron chi connectivity index (χ3n) is 9.03. The molecule has 1 aliphatic carbocycles. The number of ether oxygens (including phenoxy) is 1. The van der Waals surface area contributed by atoms with Crippen LogP contribution in [0.5, 0.6) is 0 Å². The lowest BCUT2D eigenvalue weighted by atomic mass is 9.79. The maximum absolute atomic E-state index is 14.9. The van der Waals surface area contributed by atoms with E-state index in [0.717, 1.165) is 45.8 Å². The van der Waals surface area contributed by atoms with Crippen molar-refractivity contribution < 1.29 is 23.9 Å². The van der Waals surface area contributed by atoms with E-state index in [2.05, 4.69) is 35.6 Å². The van der Waals surface area contributed by atoms with E-state index in [-0.39, 0.29) is 36.2 Å². The molecule has 3 aromatic rings. The third-order valence-corrected chi connectivity index (χ3v) is 10.1. The van der Waals surface area contributed by atoms with E-state index in [9.17, 15) is 19.2 Å². The van der Waals surface area contributed by atoms with Crippen LogP contribution in [0.3, 0.4) is 0 Å². The first-order valence-electron chi connectivity index (χ1n) is 16.8. The molecule has 0 bridgehead atoms. The zero-order valence-corrected chi connectivity index (χ0v) is 28.9. The molecule has 4 amide bonds. The van der Waals surface area contributed by atoms with Gasteiger partial charge in [0, 0.05) is 49.7 Å². The van der Waals surface area contributed by atoms with E-state index in [1.807, 2.05) is 68.1 Å². The van der Waals surface area contributed by atoms with E-state index in [4.69, 9.17) is 4.74 Å². The van der Waals surface area contributed by atoms with Crippen LogP contribution in [0.15, 0.2) is 77.7 Å². The van der Waals surface area contributed by atoms with Crippen LogP contribution in [0.4, 0.5) is 16.2 Å². The number of nitrogens with zero attached hydrogens (tertiary/aromatic N) is 3. The Labute approximate surface area is 287 Å². The fraction of sp³-hybridized carbons (Fsp3) is 0.421. The predicted octanol–water partition coefficient (Wildman–Crippen LogP) is 6.46. The van der Waals surface area contributed by atoms with Crippen molar-refractivity contribution in [3.63, 3.8) is 0 Å². The summed E-state index contributed by atoms with van der Waals surface area (Å²) in [6.07, 6.45) is 1.99. The Morgan fingerprint density at radius 1 is 0.958 bits per heavy atom. The number of anilines is 2. The standard InChI is InChI=1S/C38H44N4O5S/c1-25(43)39-18-20-41-33-22-30(15-16-34(33)48-24-35(41)44)42(29-13-14-29)36(45)32-23-40(37(46)47-38(2,3)4)19-17-31(32)28-12-8-11-27(21-28)26-9-6-5-7-10-26/h5-12,15-16,21-22,29,31-32H,13-14,17-20,23-24H2,1-4H3,(H,39,43). The van der Waals surface area contributed by atoms with Crippen molar-refractivity contribution in [2.75, 3.05) is 41.7 Å². The number of rotatable bonds is 8. The van der Waals surface area contributed by atoms with Crippen LogP contribution in [0.25, 0.3) is 11.1 Å². The first-order chi connectivity index (χ1) is 23.0. The molecule has 6 rings (SSSR count). The number of benzene rings is 3. The first kappa shape index (κ1) is 33.6. The lowest BCUT2D eigenvalue weighted by Crippen LogP contribution is -2.51. The van der Waals surface area contributed by atoms with Crippen molar-refractivity contribution in [2.45, 2.75) is 69.4 Å². The molecular weight excluding hydrogens is 625 g/mol. The largest absolute Gasteiger partial charge is 0.444 e. The molecular formula is C38H44N4O5S. The van der Waals surface area contributed by atoms with E-state index < -0.39 is 17.6 Å². The van der Waals surface area contributed by atoms with Crippen LogP contribution in [0.1, 0.15) is 58.4 Å². The molecule has 1 saturated heterocycles. The van der Waals surface area contributed by atoms with Crippen LogP contribution >= 0.6 is 11.8 Å². The monoisotopic (exact) mass is 668 g/mol. The lowest BCUT2D eigenvalue weighted by molar-refractivity contribution is -0.125. The number of piperidine rings is 1. The van der Waals surface area contributed by atoms with Crippen molar-refractivity contribution in [1.82, 2.24) is 10.2 Å². The van der Waals surface area contributed by atoms with Crippen LogP contribution in [-0.2, 0) is 19.1 Å². The van der Waals surface area contributed by atoms with Crippen molar-refractivity contribution in [3.05, 3.63) is 78.4 Å². The van der Waals surface area contributed by atoms with Crippen molar-refractivity contribution >= 4 is 47.0 Å². The average molecular weight is 669 g/mol. The van der Waals surface area contributed by atoms with Gasteiger partial charge in [-0.1, -0.05) is 54.6 Å². The highest BCUT2D eigenvalue weighted by atomic mass is 32.2. The Hall–Kier alpha value is -4.31. The van der Waals surface area contributed by atoms with Crippen LogP contribution in [0, 0.1) is 5.92 Å². The Morgan fingerprint density at radius 3 is 2.42 bits per heavy atom. The van der Waals surface area contributed by atoms with Gasteiger partial charge >= 0.3 is 6.09 Å². The number of hydrogen-bond acceptors (Lipinski definition) is 6. The number of thioether (sulfide) groups is 1. The molecule has 10 heteroatoms. The summed E-state index contributed by atoms with van der Waals surface area (Å²) in [5.41, 5.74) is 4.12. The Kier molecular flexibility index (Phi) is 9.83. The summed E-state index contributed by atoms with van der Waals surface area (Å²) in [6, 6.07) is 24.6. The molecule has 252 valence electrons. The summed E-state index contributed by atoms with van der Waals surface area (Å²) in [6.45, 7) is 8.43.